The Morgan fingerprint density at radius 2 is 1.32 bits per heavy atom. The van der Waals surface area contributed by atoms with E-state index in [9.17, 15) is 4.79 Å². The molecule has 0 bridgehead atoms. The summed E-state index contributed by atoms with van der Waals surface area (Å²) < 4.78 is 14.0. The molecule has 1 amide bonds. The van der Waals surface area contributed by atoms with Crippen LogP contribution in [0.2, 0.25) is 0 Å². The van der Waals surface area contributed by atoms with Crippen LogP contribution < -0.4 is 11.1 Å². The molecule has 8 heteroatoms. The van der Waals surface area contributed by atoms with E-state index in [1.807, 2.05) is 4.68 Å². The summed E-state index contributed by atoms with van der Waals surface area (Å²) in [5.41, 5.74) is 6.77. The van der Waals surface area contributed by atoms with Crippen molar-refractivity contribution in [1.29, 1.82) is 0 Å². The van der Waals surface area contributed by atoms with Gasteiger partial charge in [-0.15, -0.1) is 5.10 Å². The van der Waals surface area contributed by atoms with Gasteiger partial charge in [-0.3, -0.25) is 9.48 Å². The lowest BCUT2D eigenvalue weighted by Gasteiger charge is -2.30. The zero-order chi connectivity index (χ0) is 31.8. The predicted molar refractivity (Wildman–Crippen MR) is 170 cm³/mol. The molecule has 1 aromatic rings. The Labute approximate surface area is 252 Å². The molecule has 1 rings (SSSR count). The summed E-state index contributed by atoms with van der Waals surface area (Å²) in [6, 6.07) is 0. The number of nitrogens with two attached hydrogens (primary N) is 1. The van der Waals surface area contributed by atoms with Gasteiger partial charge in [0.15, 0.2) is 0 Å². The Morgan fingerprint density at radius 3 is 1.88 bits per heavy atom. The van der Waals surface area contributed by atoms with E-state index in [0.29, 0.717) is 51.4 Å². The number of carbonyl (C=O) groups excluding carboxylic acids is 1. The van der Waals surface area contributed by atoms with Gasteiger partial charge in [0.25, 0.3) is 0 Å². The minimum atomic E-state index is -0.273. The normalized spacial score (nSPS) is 14.0. The molecule has 0 saturated carbocycles. The fourth-order valence-corrected chi connectivity index (χ4v) is 4.48. The lowest BCUT2D eigenvalue weighted by Crippen LogP contribution is -2.40. The van der Waals surface area contributed by atoms with Gasteiger partial charge in [0.05, 0.1) is 32.1 Å². The molecule has 0 aliphatic carbocycles. The second-order valence-corrected chi connectivity index (χ2v) is 17.6. The van der Waals surface area contributed by atoms with Gasteiger partial charge < -0.3 is 20.5 Å². The molecule has 0 unspecified atom stereocenters. The summed E-state index contributed by atoms with van der Waals surface area (Å²) in [6.07, 6.45) is 5.77. The molecule has 0 fully saturated rings. The SMILES string of the molecule is CC(C)(C)CCC(C)(C)Cc1cn(CC(C)(C)COCC(C)(C)CC(=O)NCC(C)(C)COCC(C)(C)CN)nn1. The van der Waals surface area contributed by atoms with Gasteiger partial charge in [0.1, 0.15) is 0 Å². The Hall–Kier alpha value is -1.51. The third kappa shape index (κ3) is 17.3. The van der Waals surface area contributed by atoms with Crippen LogP contribution in [0.25, 0.3) is 0 Å². The summed E-state index contributed by atoms with van der Waals surface area (Å²) >= 11 is 0. The van der Waals surface area contributed by atoms with E-state index < -0.39 is 0 Å². The molecule has 1 aromatic heterocycles. The average molecular weight is 580 g/mol. The first kappa shape index (κ1) is 37.5. The van der Waals surface area contributed by atoms with E-state index in [1.54, 1.807) is 0 Å². The van der Waals surface area contributed by atoms with Gasteiger partial charge >= 0.3 is 0 Å². The van der Waals surface area contributed by atoms with Crippen LogP contribution in [-0.2, 0) is 27.2 Å². The van der Waals surface area contributed by atoms with Gasteiger partial charge in [0, 0.05) is 42.0 Å². The zero-order valence-electron chi connectivity index (χ0n) is 29.0. The lowest BCUT2D eigenvalue weighted by atomic mass is 9.77. The minimum Gasteiger partial charge on any atom is -0.380 e. The van der Waals surface area contributed by atoms with Crippen molar-refractivity contribution in [3.8, 4) is 0 Å². The maximum atomic E-state index is 12.7. The zero-order valence-corrected chi connectivity index (χ0v) is 29.0. The largest absolute Gasteiger partial charge is 0.380 e. The third-order valence-electron chi connectivity index (χ3n) is 7.31. The highest BCUT2D eigenvalue weighted by Crippen LogP contribution is 2.33. The first-order chi connectivity index (χ1) is 18.4. The Morgan fingerprint density at radius 1 is 0.780 bits per heavy atom. The molecule has 0 radical (unpaired) electrons. The molecular formula is C33H65N5O3. The molecule has 41 heavy (non-hydrogen) atoms. The quantitative estimate of drug-likeness (QED) is 0.200. The number of aromatic nitrogens is 3. The maximum Gasteiger partial charge on any atom is 0.220 e. The highest BCUT2D eigenvalue weighted by Gasteiger charge is 2.28. The predicted octanol–water partition coefficient (Wildman–Crippen LogP) is 6.28. The summed E-state index contributed by atoms with van der Waals surface area (Å²) in [4.78, 5) is 12.7. The van der Waals surface area contributed by atoms with Crippen LogP contribution in [0.3, 0.4) is 0 Å². The van der Waals surface area contributed by atoms with E-state index in [0.717, 1.165) is 25.1 Å². The Bertz CT molecular complexity index is 926. The molecule has 3 N–H and O–H groups in total. The van der Waals surface area contributed by atoms with Crippen molar-refractivity contribution >= 4 is 5.91 Å². The monoisotopic (exact) mass is 580 g/mol. The van der Waals surface area contributed by atoms with Crippen LogP contribution in [0.5, 0.6) is 0 Å². The number of nitrogens with one attached hydrogen (secondary N) is 1. The van der Waals surface area contributed by atoms with E-state index in [-0.39, 0.29) is 33.0 Å². The van der Waals surface area contributed by atoms with E-state index >= 15 is 0 Å². The van der Waals surface area contributed by atoms with Gasteiger partial charge in [-0.05, 0) is 42.1 Å². The van der Waals surface area contributed by atoms with E-state index in [2.05, 4.69) is 112 Å². The first-order valence-corrected chi connectivity index (χ1v) is 15.5. The molecule has 8 nitrogen and oxygen atoms in total. The number of rotatable bonds is 19. The van der Waals surface area contributed by atoms with Crippen molar-refractivity contribution in [2.24, 2.45) is 38.2 Å². The summed E-state index contributed by atoms with van der Waals surface area (Å²) in [5, 5.41) is 12.0. The maximum absolute atomic E-state index is 12.7. The molecule has 0 aromatic carbocycles. The van der Waals surface area contributed by atoms with E-state index in [4.69, 9.17) is 15.2 Å². The first-order valence-electron chi connectivity index (χ1n) is 15.5. The number of carbonyl (C=O) groups is 1. The van der Waals surface area contributed by atoms with Crippen LogP contribution in [-0.4, -0.2) is 60.4 Å². The highest BCUT2D eigenvalue weighted by molar-refractivity contribution is 5.76. The molecule has 0 spiro atoms. The molecule has 240 valence electrons. The fourth-order valence-electron chi connectivity index (χ4n) is 4.48. The average Bonchev–Trinajstić information content (AvgIpc) is 3.20. The minimum absolute atomic E-state index is 0.0359. The lowest BCUT2D eigenvalue weighted by molar-refractivity contribution is -0.125. The molecular weight excluding hydrogens is 514 g/mol. The smallest absolute Gasteiger partial charge is 0.220 e. The highest BCUT2D eigenvalue weighted by atomic mass is 16.5. The molecule has 0 aliphatic heterocycles. The van der Waals surface area contributed by atoms with Crippen LogP contribution in [0.1, 0.15) is 115 Å². The van der Waals surface area contributed by atoms with Crippen LogP contribution in [0.4, 0.5) is 0 Å². The molecule has 1 heterocycles. The van der Waals surface area contributed by atoms with Crippen molar-refractivity contribution < 1.29 is 14.3 Å². The Balaban J connectivity index is 2.47. The summed E-state index contributed by atoms with van der Waals surface area (Å²) in [5.74, 6) is 0.0359. The topological polar surface area (TPSA) is 104 Å². The van der Waals surface area contributed by atoms with Crippen molar-refractivity contribution in [2.45, 2.75) is 122 Å². The fraction of sp³-hybridized carbons (Fsp3) is 0.909. The second kappa shape index (κ2) is 14.8. The van der Waals surface area contributed by atoms with Gasteiger partial charge in [0.2, 0.25) is 5.91 Å². The van der Waals surface area contributed by atoms with Crippen LogP contribution in [0, 0.1) is 32.5 Å². The molecule has 0 aliphatic rings. The van der Waals surface area contributed by atoms with Crippen LogP contribution >= 0.6 is 0 Å². The Kier molecular flexibility index (Phi) is 13.5. The van der Waals surface area contributed by atoms with Gasteiger partial charge in [-0.25, -0.2) is 0 Å². The number of hydrogen-bond donors (Lipinski definition) is 2. The number of hydrogen-bond acceptors (Lipinski definition) is 6. The van der Waals surface area contributed by atoms with Crippen molar-refractivity contribution in [3.63, 3.8) is 0 Å². The summed E-state index contributed by atoms with van der Waals surface area (Å²) in [7, 11) is 0. The number of nitrogens with zero attached hydrogens (tertiary/aromatic N) is 3. The third-order valence-corrected chi connectivity index (χ3v) is 7.31. The van der Waals surface area contributed by atoms with Gasteiger partial charge in [-0.1, -0.05) is 95.2 Å². The number of ether oxygens (including phenoxy) is 2. The summed E-state index contributed by atoms with van der Waals surface area (Å²) in [6.45, 7) is 32.6. The number of amides is 1. The van der Waals surface area contributed by atoms with Crippen molar-refractivity contribution in [2.75, 3.05) is 39.5 Å². The molecule has 0 saturated heterocycles. The van der Waals surface area contributed by atoms with Gasteiger partial charge in [-0.2, -0.15) is 0 Å². The standard InChI is InChI=1S/C33H65N5O3/c1-28(2,3)14-15-29(4,5)16-26-18-38(37-36-26)21-33(12,13)25-40-22-30(6,7)17-27(39)35-20-32(10,11)24-41-23-31(8,9)19-34/h18H,14-17,19-25,34H2,1-13H3,(H,35,39). The van der Waals surface area contributed by atoms with Crippen molar-refractivity contribution in [3.05, 3.63) is 11.9 Å². The molecule has 0 atom stereocenters. The van der Waals surface area contributed by atoms with Crippen molar-refractivity contribution in [1.82, 2.24) is 20.3 Å². The van der Waals surface area contributed by atoms with Crippen LogP contribution in [0.15, 0.2) is 6.20 Å². The van der Waals surface area contributed by atoms with E-state index in [1.165, 1.54) is 6.42 Å². The second-order valence-electron chi connectivity index (χ2n) is 17.6.